The van der Waals surface area contributed by atoms with Crippen LogP contribution >= 0.6 is 15.9 Å². The van der Waals surface area contributed by atoms with Crippen molar-refractivity contribution in [1.82, 2.24) is 0 Å². The Morgan fingerprint density at radius 2 is 1.93 bits per heavy atom. The van der Waals surface area contributed by atoms with Gasteiger partial charge in [0.15, 0.2) is 0 Å². The summed E-state index contributed by atoms with van der Waals surface area (Å²) in [4.78, 5) is 0. The van der Waals surface area contributed by atoms with Gasteiger partial charge in [0.05, 0.1) is 6.61 Å². The fourth-order valence-corrected chi connectivity index (χ4v) is 1.63. The number of hydrogen-bond acceptors (Lipinski definition) is 2. The Labute approximate surface area is 99.9 Å². The van der Waals surface area contributed by atoms with Crippen LogP contribution < -0.4 is 10.5 Å². The minimum atomic E-state index is 0.303. The van der Waals surface area contributed by atoms with E-state index in [0.717, 1.165) is 28.9 Å². The monoisotopic (exact) mass is 271 g/mol. The lowest BCUT2D eigenvalue weighted by molar-refractivity contribution is 0.243. The summed E-state index contributed by atoms with van der Waals surface area (Å²) < 4.78 is 6.59. The number of nitrogens with two attached hydrogens (primary N) is 1. The second kappa shape index (κ2) is 4.88. The Balaban J connectivity index is 2.51. The second-order valence-corrected chi connectivity index (χ2v) is 5.80. The van der Waals surface area contributed by atoms with Crippen molar-refractivity contribution in [3.63, 3.8) is 0 Å². The molecule has 0 saturated carbocycles. The SMILES string of the molecule is CC(C)(C)CCOc1cc(N)cc(Br)c1. The van der Waals surface area contributed by atoms with Crippen LogP contribution in [-0.2, 0) is 0 Å². The molecule has 15 heavy (non-hydrogen) atoms. The molecule has 0 atom stereocenters. The summed E-state index contributed by atoms with van der Waals surface area (Å²) in [6.45, 7) is 7.32. The van der Waals surface area contributed by atoms with Crippen molar-refractivity contribution in [2.75, 3.05) is 12.3 Å². The van der Waals surface area contributed by atoms with Gasteiger partial charge in [-0.05, 0) is 24.0 Å². The van der Waals surface area contributed by atoms with Crippen molar-refractivity contribution in [3.05, 3.63) is 22.7 Å². The van der Waals surface area contributed by atoms with Crippen LogP contribution in [0.4, 0.5) is 5.69 Å². The summed E-state index contributed by atoms with van der Waals surface area (Å²) in [6.07, 6.45) is 1.03. The van der Waals surface area contributed by atoms with Crippen LogP contribution in [-0.4, -0.2) is 6.61 Å². The fourth-order valence-electron chi connectivity index (χ4n) is 1.14. The summed E-state index contributed by atoms with van der Waals surface area (Å²) in [5, 5.41) is 0. The first-order valence-electron chi connectivity index (χ1n) is 5.06. The van der Waals surface area contributed by atoms with Gasteiger partial charge in [0.1, 0.15) is 5.75 Å². The van der Waals surface area contributed by atoms with Gasteiger partial charge in [0.2, 0.25) is 0 Å². The molecule has 2 N–H and O–H groups in total. The highest BCUT2D eigenvalue weighted by Crippen LogP contribution is 2.24. The summed E-state index contributed by atoms with van der Waals surface area (Å²) in [5.74, 6) is 0.825. The highest BCUT2D eigenvalue weighted by molar-refractivity contribution is 9.10. The van der Waals surface area contributed by atoms with E-state index in [1.807, 2.05) is 18.2 Å². The van der Waals surface area contributed by atoms with E-state index in [-0.39, 0.29) is 0 Å². The van der Waals surface area contributed by atoms with Gasteiger partial charge in [-0.2, -0.15) is 0 Å². The Hall–Kier alpha value is -0.700. The van der Waals surface area contributed by atoms with Gasteiger partial charge in [-0.1, -0.05) is 36.7 Å². The lowest BCUT2D eigenvalue weighted by atomic mass is 9.93. The zero-order valence-corrected chi connectivity index (χ0v) is 11.1. The van der Waals surface area contributed by atoms with Crippen molar-refractivity contribution in [1.29, 1.82) is 0 Å². The Kier molecular flexibility index (Phi) is 4.03. The van der Waals surface area contributed by atoms with Crippen LogP contribution in [0.5, 0.6) is 5.75 Å². The van der Waals surface area contributed by atoms with E-state index in [0.29, 0.717) is 5.41 Å². The zero-order chi connectivity index (χ0) is 11.5. The predicted octanol–water partition coefficient (Wildman–Crippen LogP) is 3.85. The minimum Gasteiger partial charge on any atom is -0.493 e. The van der Waals surface area contributed by atoms with E-state index >= 15 is 0 Å². The molecule has 0 bridgehead atoms. The van der Waals surface area contributed by atoms with E-state index in [1.54, 1.807) is 0 Å². The summed E-state index contributed by atoms with van der Waals surface area (Å²) in [5.41, 5.74) is 6.73. The first kappa shape index (κ1) is 12.4. The molecule has 1 aromatic rings. The molecule has 0 aliphatic rings. The maximum absolute atomic E-state index is 5.71. The second-order valence-electron chi connectivity index (χ2n) is 4.88. The largest absolute Gasteiger partial charge is 0.493 e. The molecule has 1 aromatic carbocycles. The Bertz CT molecular complexity index is 311. The molecule has 0 amide bonds. The van der Waals surface area contributed by atoms with Crippen LogP contribution in [0.1, 0.15) is 27.2 Å². The number of benzene rings is 1. The van der Waals surface area contributed by atoms with Gasteiger partial charge in [-0.3, -0.25) is 0 Å². The van der Waals surface area contributed by atoms with Crippen molar-refractivity contribution >= 4 is 21.6 Å². The van der Waals surface area contributed by atoms with Crippen molar-refractivity contribution in [2.45, 2.75) is 27.2 Å². The molecule has 0 aliphatic carbocycles. The van der Waals surface area contributed by atoms with Crippen LogP contribution in [0.25, 0.3) is 0 Å². The minimum absolute atomic E-state index is 0.303. The number of nitrogen functional groups attached to an aromatic ring is 1. The Morgan fingerprint density at radius 3 is 2.47 bits per heavy atom. The maximum Gasteiger partial charge on any atom is 0.122 e. The third-order valence-electron chi connectivity index (χ3n) is 2.01. The van der Waals surface area contributed by atoms with Gasteiger partial charge < -0.3 is 10.5 Å². The highest BCUT2D eigenvalue weighted by Gasteiger charge is 2.10. The molecule has 0 fully saturated rings. The van der Waals surface area contributed by atoms with E-state index < -0.39 is 0 Å². The number of hydrogen-bond donors (Lipinski definition) is 1. The number of ether oxygens (including phenoxy) is 1. The average molecular weight is 272 g/mol. The quantitative estimate of drug-likeness (QED) is 0.848. The molecule has 0 heterocycles. The van der Waals surface area contributed by atoms with E-state index in [1.165, 1.54) is 0 Å². The smallest absolute Gasteiger partial charge is 0.122 e. The zero-order valence-electron chi connectivity index (χ0n) is 9.51. The van der Waals surface area contributed by atoms with E-state index in [2.05, 4.69) is 36.7 Å². The molecule has 2 nitrogen and oxygen atoms in total. The lowest BCUT2D eigenvalue weighted by Gasteiger charge is -2.18. The summed E-state index contributed by atoms with van der Waals surface area (Å²) in [7, 11) is 0. The van der Waals surface area contributed by atoms with E-state index in [4.69, 9.17) is 10.5 Å². The molecule has 0 saturated heterocycles. The predicted molar refractivity (Wildman–Crippen MR) is 68.1 cm³/mol. The van der Waals surface area contributed by atoms with Gasteiger partial charge in [0, 0.05) is 16.2 Å². The van der Waals surface area contributed by atoms with Crippen LogP contribution in [0.2, 0.25) is 0 Å². The van der Waals surface area contributed by atoms with Crippen LogP contribution in [0, 0.1) is 5.41 Å². The van der Waals surface area contributed by atoms with Crippen LogP contribution in [0.15, 0.2) is 22.7 Å². The van der Waals surface area contributed by atoms with Gasteiger partial charge in [0.25, 0.3) is 0 Å². The molecule has 0 unspecified atom stereocenters. The van der Waals surface area contributed by atoms with Crippen LogP contribution in [0.3, 0.4) is 0 Å². The standard InChI is InChI=1S/C12H18BrNO/c1-12(2,3)4-5-15-11-7-9(13)6-10(14)8-11/h6-8H,4-5,14H2,1-3H3. The summed E-state index contributed by atoms with van der Waals surface area (Å²) >= 11 is 3.38. The molecule has 1 rings (SSSR count). The molecule has 84 valence electrons. The maximum atomic E-state index is 5.71. The lowest BCUT2D eigenvalue weighted by Crippen LogP contribution is -2.11. The van der Waals surface area contributed by atoms with Gasteiger partial charge in [-0.15, -0.1) is 0 Å². The molecular weight excluding hydrogens is 254 g/mol. The third kappa shape index (κ3) is 5.07. The number of halogens is 1. The number of rotatable bonds is 3. The van der Waals surface area contributed by atoms with Gasteiger partial charge in [-0.25, -0.2) is 0 Å². The molecule has 0 radical (unpaired) electrons. The molecule has 0 aromatic heterocycles. The Morgan fingerprint density at radius 1 is 1.27 bits per heavy atom. The number of anilines is 1. The van der Waals surface area contributed by atoms with E-state index in [9.17, 15) is 0 Å². The topological polar surface area (TPSA) is 35.2 Å². The molecule has 0 spiro atoms. The van der Waals surface area contributed by atoms with Gasteiger partial charge >= 0.3 is 0 Å². The average Bonchev–Trinajstić information content (AvgIpc) is 1.99. The normalized spacial score (nSPS) is 11.5. The molecule has 3 heteroatoms. The first-order valence-corrected chi connectivity index (χ1v) is 5.85. The highest BCUT2D eigenvalue weighted by atomic mass is 79.9. The molecule has 0 aliphatic heterocycles. The van der Waals surface area contributed by atoms with Crippen molar-refractivity contribution < 1.29 is 4.74 Å². The van der Waals surface area contributed by atoms with Crippen molar-refractivity contribution in [3.8, 4) is 5.75 Å². The summed E-state index contributed by atoms with van der Waals surface area (Å²) in [6, 6.07) is 5.63. The first-order chi connectivity index (χ1) is 6.87. The molecular formula is C12H18BrNO. The fraction of sp³-hybridized carbons (Fsp3) is 0.500. The van der Waals surface area contributed by atoms with Crippen molar-refractivity contribution in [2.24, 2.45) is 5.41 Å². The third-order valence-corrected chi connectivity index (χ3v) is 2.47.